The number of hydrogen-bond donors (Lipinski definition) is 3. The van der Waals surface area contributed by atoms with Gasteiger partial charge in [0.1, 0.15) is 11.5 Å². The summed E-state index contributed by atoms with van der Waals surface area (Å²) in [6.45, 7) is 3.31. The minimum atomic E-state index is -0.00838. The number of aromatic nitrogens is 3. The highest BCUT2D eigenvalue weighted by atomic mass is 16.3. The summed E-state index contributed by atoms with van der Waals surface area (Å²) in [6.07, 6.45) is 6.35. The predicted molar refractivity (Wildman–Crippen MR) is 109 cm³/mol. The van der Waals surface area contributed by atoms with Crippen LogP contribution < -0.4 is 11.1 Å². The minimum absolute atomic E-state index is 0.00838. The molecule has 0 radical (unpaired) electrons. The molecule has 0 bridgehead atoms. The number of nitrogens with one attached hydrogen (secondary N) is 1. The van der Waals surface area contributed by atoms with Crippen molar-refractivity contribution in [2.45, 2.75) is 51.6 Å². The molecular weight excluding hydrogens is 356 g/mol. The lowest BCUT2D eigenvalue weighted by Crippen LogP contribution is -2.38. The minimum Gasteiger partial charge on any atom is -0.396 e. The summed E-state index contributed by atoms with van der Waals surface area (Å²) in [5.41, 5.74) is 8.42. The van der Waals surface area contributed by atoms with E-state index in [-0.39, 0.29) is 24.5 Å². The summed E-state index contributed by atoms with van der Waals surface area (Å²) in [5.74, 6) is 0.932. The molecule has 0 aliphatic carbocycles. The van der Waals surface area contributed by atoms with Gasteiger partial charge in [0.05, 0.1) is 12.2 Å². The summed E-state index contributed by atoms with van der Waals surface area (Å²) < 4.78 is 1.83. The number of nitrogens with zero attached hydrogens (tertiary/aromatic N) is 4. The van der Waals surface area contributed by atoms with Crippen LogP contribution in [0.4, 0.5) is 11.8 Å². The monoisotopic (exact) mass is 386 g/mol. The SMILES string of the molecule is CCCC[C@@H](CCO)Nc1nc(N)nc2c1CCN(C(=O)c1cccn1C)C2. The highest BCUT2D eigenvalue weighted by molar-refractivity contribution is 5.93. The van der Waals surface area contributed by atoms with Gasteiger partial charge in [0.2, 0.25) is 5.95 Å². The Labute approximate surface area is 165 Å². The van der Waals surface area contributed by atoms with Crippen molar-refractivity contribution in [1.29, 1.82) is 0 Å². The molecule has 3 rings (SSSR count). The van der Waals surface area contributed by atoms with Crippen molar-refractivity contribution < 1.29 is 9.90 Å². The van der Waals surface area contributed by atoms with Crippen molar-refractivity contribution in [1.82, 2.24) is 19.4 Å². The number of nitrogens with two attached hydrogens (primary N) is 1. The van der Waals surface area contributed by atoms with Crippen molar-refractivity contribution in [3.63, 3.8) is 0 Å². The maximum Gasteiger partial charge on any atom is 0.270 e. The number of aliphatic hydroxyl groups excluding tert-OH is 1. The molecule has 0 aromatic carbocycles. The topological polar surface area (TPSA) is 109 Å². The van der Waals surface area contributed by atoms with Gasteiger partial charge in [0, 0.05) is 38.0 Å². The molecule has 1 atom stereocenters. The average molecular weight is 387 g/mol. The van der Waals surface area contributed by atoms with E-state index in [1.54, 1.807) is 4.90 Å². The Balaban J connectivity index is 1.80. The zero-order valence-electron chi connectivity index (χ0n) is 16.7. The van der Waals surface area contributed by atoms with E-state index in [9.17, 15) is 9.90 Å². The molecule has 8 nitrogen and oxygen atoms in total. The van der Waals surface area contributed by atoms with E-state index in [0.29, 0.717) is 31.6 Å². The Kier molecular flexibility index (Phi) is 6.51. The van der Waals surface area contributed by atoms with Crippen LogP contribution in [0.3, 0.4) is 0 Å². The third kappa shape index (κ3) is 4.44. The third-order valence-electron chi connectivity index (χ3n) is 5.26. The molecule has 0 saturated carbocycles. The summed E-state index contributed by atoms with van der Waals surface area (Å²) >= 11 is 0. The zero-order chi connectivity index (χ0) is 20.1. The maximum atomic E-state index is 12.8. The normalized spacial score (nSPS) is 14.6. The van der Waals surface area contributed by atoms with Gasteiger partial charge in [-0.25, -0.2) is 4.98 Å². The second-order valence-electron chi connectivity index (χ2n) is 7.33. The van der Waals surface area contributed by atoms with Crippen molar-refractivity contribution in [2.75, 3.05) is 24.2 Å². The number of amides is 1. The van der Waals surface area contributed by atoms with Gasteiger partial charge in [-0.3, -0.25) is 4.79 Å². The molecule has 4 N–H and O–H groups in total. The molecule has 1 amide bonds. The standard InChI is InChI=1S/C20H30N6O2/c1-3-4-6-14(9-12-27)22-18-15-8-11-26(13-16(15)23-20(21)24-18)19(28)17-7-5-10-25(17)2/h5,7,10,14,27H,3-4,6,8-9,11-13H2,1-2H3,(H3,21,22,23,24)/t14-/m0/s1. The van der Waals surface area contributed by atoms with Gasteiger partial charge in [-0.05, 0) is 31.4 Å². The quantitative estimate of drug-likeness (QED) is 0.640. The van der Waals surface area contributed by atoms with Gasteiger partial charge in [0.25, 0.3) is 5.91 Å². The van der Waals surface area contributed by atoms with Gasteiger partial charge in [-0.15, -0.1) is 0 Å². The van der Waals surface area contributed by atoms with E-state index >= 15 is 0 Å². The summed E-state index contributed by atoms with van der Waals surface area (Å²) in [4.78, 5) is 23.5. The number of carbonyl (C=O) groups is 1. The van der Waals surface area contributed by atoms with E-state index in [0.717, 1.165) is 36.3 Å². The number of unbranched alkanes of at least 4 members (excludes halogenated alkanes) is 1. The number of nitrogen functional groups attached to an aromatic ring is 1. The number of aryl methyl sites for hydroxylation is 1. The second kappa shape index (κ2) is 9.05. The maximum absolute atomic E-state index is 12.8. The molecule has 1 aliphatic rings. The molecule has 8 heteroatoms. The fourth-order valence-electron chi connectivity index (χ4n) is 3.68. The summed E-state index contributed by atoms with van der Waals surface area (Å²) in [7, 11) is 1.87. The van der Waals surface area contributed by atoms with E-state index in [4.69, 9.17) is 5.73 Å². The Morgan fingerprint density at radius 1 is 1.39 bits per heavy atom. The molecule has 28 heavy (non-hydrogen) atoms. The first-order chi connectivity index (χ1) is 13.5. The fraction of sp³-hybridized carbons (Fsp3) is 0.550. The Hall–Kier alpha value is -2.61. The van der Waals surface area contributed by atoms with Gasteiger partial charge in [-0.1, -0.05) is 19.8 Å². The number of anilines is 2. The Morgan fingerprint density at radius 2 is 2.21 bits per heavy atom. The first-order valence-corrected chi connectivity index (χ1v) is 9.96. The molecule has 0 spiro atoms. The average Bonchev–Trinajstić information content (AvgIpc) is 3.11. The van der Waals surface area contributed by atoms with Crippen LogP contribution in [0, 0.1) is 0 Å². The van der Waals surface area contributed by atoms with Crippen molar-refractivity contribution in [3.8, 4) is 0 Å². The first-order valence-electron chi connectivity index (χ1n) is 9.96. The van der Waals surface area contributed by atoms with Crippen LogP contribution in [0.2, 0.25) is 0 Å². The predicted octanol–water partition coefficient (Wildman–Crippen LogP) is 1.95. The van der Waals surface area contributed by atoms with Crippen molar-refractivity contribution >= 4 is 17.7 Å². The van der Waals surface area contributed by atoms with Gasteiger partial charge in [0.15, 0.2) is 0 Å². The highest BCUT2D eigenvalue weighted by Crippen LogP contribution is 2.26. The molecule has 152 valence electrons. The van der Waals surface area contributed by atoms with E-state index in [1.807, 2.05) is 29.9 Å². The zero-order valence-corrected chi connectivity index (χ0v) is 16.7. The van der Waals surface area contributed by atoms with Crippen LogP contribution in [0.25, 0.3) is 0 Å². The molecule has 2 aromatic heterocycles. The molecule has 0 fully saturated rings. The van der Waals surface area contributed by atoms with E-state index < -0.39 is 0 Å². The lowest BCUT2D eigenvalue weighted by molar-refractivity contribution is 0.0722. The Morgan fingerprint density at radius 3 is 2.89 bits per heavy atom. The highest BCUT2D eigenvalue weighted by Gasteiger charge is 2.27. The molecule has 2 aromatic rings. The third-order valence-corrected chi connectivity index (χ3v) is 5.26. The van der Waals surface area contributed by atoms with Gasteiger partial charge >= 0.3 is 0 Å². The molecule has 1 aliphatic heterocycles. The van der Waals surface area contributed by atoms with Crippen molar-refractivity contribution in [2.24, 2.45) is 7.05 Å². The Bertz CT molecular complexity index is 819. The smallest absolute Gasteiger partial charge is 0.270 e. The van der Waals surface area contributed by atoms with Crippen LogP contribution in [0.5, 0.6) is 0 Å². The number of carbonyl (C=O) groups excluding carboxylic acids is 1. The second-order valence-corrected chi connectivity index (χ2v) is 7.33. The van der Waals surface area contributed by atoms with Crippen LogP contribution >= 0.6 is 0 Å². The summed E-state index contributed by atoms with van der Waals surface area (Å²) in [5, 5.41) is 12.8. The van der Waals surface area contributed by atoms with Gasteiger partial charge in [-0.2, -0.15) is 4.98 Å². The van der Waals surface area contributed by atoms with E-state index in [1.165, 1.54) is 0 Å². The molecule has 0 saturated heterocycles. The molecule has 0 unspecified atom stereocenters. The van der Waals surface area contributed by atoms with Crippen LogP contribution in [-0.4, -0.2) is 49.6 Å². The number of rotatable bonds is 8. The van der Waals surface area contributed by atoms with Gasteiger partial charge < -0.3 is 25.6 Å². The number of hydrogen-bond acceptors (Lipinski definition) is 6. The lowest BCUT2D eigenvalue weighted by Gasteiger charge is -2.30. The van der Waals surface area contributed by atoms with Crippen molar-refractivity contribution in [3.05, 3.63) is 35.3 Å². The lowest BCUT2D eigenvalue weighted by atomic mass is 10.0. The van der Waals surface area contributed by atoms with Crippen LogP contribution in [-0.2, 0) is 20.0 Å². The van der Waals surface area contributed by atoms with E-state index in [2.05, 4.69) is 22.2 Å². The summed E-state index contributed by atoms with van der Waals surface area (Å²) in [6, 6.07) is 3.84. The van der Waals surface area contributed by atoms with Crippen LogP contribution in [0.1, 0.15) is 54.4 Å². The van der Waals surface area contributed by atoms with Crippen LogP contribution in [0.15, 0.2) is 18.3 Å². The number of aliphatic hydroxyl groups is 1. The molecular formula is C20H30N6O2. The molecule has 3 heterocycles. The first kappa shape index (κ1) is 20.1. The number of fused-ring (bicyclic) bond motifs is 1. The fourth-order valence-corrected chi connectivity index (χ4v) is 3.68. The largest absolute Gasteiger partial charge is 0.396 e.